The van der Waals surface area contributed by atoms with Crippen molar-refractivity contribution in [3.63, 3.8) is 0 Å². The van der Waals surface area contributed by atoms with Gasteiger partial charge in [-0.2, -0.15) is 0 Å². The predicted octanol–water partition coefficient (Wildman–Crippen LogP) is 6.43. The number of rotatable bonds is 3. The predicted molar refractivity (Wildman–Crippen MR) is 90.7 cm³/mol. The quantitative estimate of drug-likeness (QED) is 0.525. The van der Waals surface area contributed by atoms with E-state index in [4.69, 9.17) is 4.74 Å². The van der Waals surface area contributed by atoms with Gasteiger partial charge in [0.25, 0.3) is 0 Å². The summed E-state index contributed by atoms with van der Waals surface area (Å²) in [6.45, 7) is 4.03. The third kappa shape index (κ3) is 3.83. The first-order valence-corrected chi connectivity index (χ1v) is 8.27. The highest BCUT2D eigenvalue weighted by molar-refractivity contribution is 9.11. The molecule has 19 heavy (non-hydrogen) atoms. The van der Waals surface area contributed by atoms with Gasteiger partial charge in [0.15, 0.2) is 0 Å². The number of halogens is 3. The second kappa shape index (κ2) is 6.42. The molecule has 4 heteroatoms. The van der Waals surface area contributed by atoms with E-state index in [-0.39, 0.29) is 6.10 Å². The van der Waals surface area contributed by atoms with Crippen LogP contribution in [0.3, 0.4) is 0 Å². The third-order valence-electron chi connectivity index (χ3n) is 2.53. The molecule has 2 rings (SSSR count). The van der Waals surface area contributed by atoms with Crippen molar-refractivity contribution >= 4 is 47.8 Å². The van der Waals surface area contributed by atoms with Gasteiger partial charge >= 0.3 is 0 Å². The molecule has 0 N–H and O–H groups in total. The number of benzene rings is 2. The molecule has 0 aliphatic heterocycles. The molecule has 0 aromatic heterocycles. The van der Waals surface area contributed by atoms with Crippen molar-refractivity contribution in [1.82, 2.24) is 0 Å². The number of ether oxygens (including phenoxy) is 1. The highest BCUT2D eigenvalue weighted by Gasteiger charge is 2.11. The van der Waals surface area contributed by atoms with E-state index in [0.717, 1.165) is 24.7 Å². The summed E-state index contributed by atoms with van der Waals surface area (Å²) < 4.78 is 8.77. The lowest BCUT2D eigenvalue weighted by Gasteiger charge is -2.15. The molecule has 100 valence electrons. The highest BCUT2D eigenvalue weighted by Crippen LogP contribution is 2.38. The van der Waals surface area contributed by atoms with Crippen molar-refractivity contribution < 1.29 is 4.74 Å². The monoisotopic (exact) mass is 446 g/mol. The van der Waals surface area contributed by atoms with Gasteiger partial charge < -0.3 is 4.74 Å². The average Bonchev–Trinajstić information content (AvgIpc) is 2.34. The van der Waals surface area contributed by atoms with E-state index in [1.165, 1.54) is 5.56 Å². The number of hydrogen-bond donors (Lipinski definition) is 0. The van der Waals surface area contributed by atoms with Crippen LogP contribution in [0.4, 0.5) is 0 Å². The van der Waals surface area contributed by atoms with Crippen LogP contribution in [0.25, 0.3) is 11.1 Å². The van der Waals surface area contributed by atoms with Gasteiger partial charge in [-0.25, -0.2) is 0 Å². The Kier molecular flexibility index (Phi) is 5.09. The first-order valence-electron chi connectivity index (χ1n) is 5.89. The molecule has 0 spiro atoms. The Morgan fingerprint density at radius 3 is 1.84 bits per heavy atom. The van der Waals surface area contributed by atoms with Crippen LogP contribution in [0, 0.1) is 0 Å². The fourth-order valence-electron chi connectivity index (χ4n) is 1.72. The van der Waals surface area contributed by atoms with Crippen LogP contribution < -0.4 is 4.74 Å². The summed E-state index contributed by atoms with van der Waals surface area (Å²) in [6, 6.07) is 12.4. The first-order chi connectivity index (χ1) is 8.97. The molecule has 0 aliphatic carbocycles. The fraction of sp³-hybridized carbons (Fsp3) is 0.200. The van der Waals surface area contributed by atoms with Crippen LogP contribution in [-0.2, 0) is 0 Å². The van der Waals surface area contributed by atoms with Crippen LogP contribution in [0.1, 0.15) is 13.8 Å². The molecule has 0 saturated carbocycles. The Hall–Kier alpha value is -0.320. The SMILES string of the molecule is CC(C)Oc1c(Br)cc(-c2ccc(Br)cc2)cc1Br. The topological polar surface area (TPSA) is 9.23 Å². The summed E-state index contributed by atoms with van der Waals surface area (Å²) >= 11 is 10.6. The van der Waals surface area contributed by atoms with Gasteiger partial charge in [-0.1, -0.05) is 28.1 Å². The molecule has 2 aromatic rings. The second-order valence-electron chi connectivity index (χ2n) is 4.44. The van der Waals surface area contributed by atoms with Gasteiger partial charge in [-0.05, 0) is 81.1 Å². The summed E-state index contributed by atoms with van der Waals surface area (Å²) in [4.78, 5) is 0. The summed E-state index contributed by atoms with van der Waals surface area (Å²) in [7, 11) is 0. The molecule has 0 unspecified atom stereocenters. The minimum Gasteiger partial charge on any atom is -0.489 e. The summed E-state index contributed by atoms with van der Waals surface area (Å²) in [5.41, 5.74) is 2.31. The van der Waals surface area contributed by atoms with E-state index < -0.39 is 0 Å². The molecule has 0 heterocycles. The van der Waals surface area contributed by atoms with Crippen molar-refractivity contribution in [3.8, 4) is 16.9 Å². The van der Waals surface area contributed by atoms with E-state index >= 15 is 0 Å². The molecular weight excluding hydrogens is 436 g/mol. The molecule has 0 radical (unpaired) electrons. The molecule has 1 nitrogen and oxygen atoms in total. The lowest BCUT2D eigenvalue weighted by Crippen LogP contribution is -2.06. The zero-order chi connectivity index (χ0) is 14.0. The van der Waals surface area contributed by atoms with Crippen LogP contribution in [-0.4, -0.2) is 6.10 Å². The third-order valence-corrected chi connectivity index (χ3v) is 4.24. The Morgan fingerprint density at radius 1 is 0.842 bits per heavy atom. The lowest BCUT2D eigenvalue weighted by atomic mass is 10.1. The summed E-state index contributed by atoms with van der Waals surface area (Å²) in [5.74, 6) is 0.843. The largest absolute Gasteiger partial charge is 0.489 e. The first kappa shape index (κ1) is 15.1. The van der Waals surface area contributed by atoms with E-state index in [0.29, 0.717) is 0 Å². The minimum absolute atomic E-state index is 0.145. The van der Waals surface area contributed by atoms with Crippen molar-refractivity contribution in [2.45, 2.75) is 20.0 Å². The molecule has 2 aromatic carbocycles. The maximum atomic E-state index is 5.78. The normalized spacial score (nSPS) is 10.8. The molecule has 0 amide bonds. The van der Waals surface area contributed by atoms with Crippen molar-refractivity contribution in [2.75, 3.05) is 0 Å². The zero-order valence-corrected chi connectivity index (χ0v) is 15.3. The summed E-state index contributed by atoms with van der Waals surface area (Å²) in [5, 5.41) is 0. The smallest absolute Gasteiger partial charge is 0.148 e. The van der Waals surface area contributed by atoms with Gasteiger partial charge in [-0.3, -0.25) is 0 Å². The molecule has 0 aliphatic rings. The van der Waals surface area contributed by atoms with Gasteiger partial charge in [0, 0.05) is 4.47 Å². The Bertz CT molecular complexity index is 553. The van der Waals surface area contributed by atoms with Crippen molar-refractivity contribution in [3.05, 3.63) is 49.8 Å². The van der Waals surface area contributed by atoms with E-state index in [1.54, 1.807) is 0 Å². The molecular formula is C15H13Br3O. The van der Waals surface area contributed by atoms with Crippen LogP contribution >= 0.6 is 47.8 Å². The minimum atomic E-state index is 0.145. The molecule has 0 fully saturated rings. The molecule has 0 bridgehead atoms. The maximum absolute atomic E-state index is 5.78. The Morgan fingerprint density at radius 2 is 1.37 bits per heavy atom. The molecule has 0 atom stereocenters. The van der Waals surface area contributed by atoms with Gasteiger partial charge in [0.2, 0.25) is 0 Å². The van der Waals surface area contributed by atoms with Gasteiger partial charge in [0.1, 0.15) is 5.75 Å². The standard InChI is InChI=1S/C15H13Br3O/c1-9(2)19-15-13(17)7-11(8-14(15)18)10-3-5-12(16)6-4-10/h3-9H,1-2H3. The lowest BCUT2D eigenvalue weighted by molar-refractivity contribution is 0.239. The van der Waals surface area contributed by atoms with Crippen molar-refractivity contribution in [2.24, 2.45) is 0 Å². The Labute approximate surface area is 138 Å². The van der Waals surface area contributed by atoms with Crippen LogP contribution in [0.5, 0.6) is 5.75 Å². The maximum Gasteiger partial charge on any atom is 0.148 e. The van der Waals surface area contributed by atoms with E-state index in [1.807, 2.05) is 26.0 Å². The van der Waals surface area contributed by atoms with Crippen molar-refractivity contribution in [1.29, 1.82) is 0 Å². The average molecular weight is 449 g/mol. The zero-order valence-electron chi connectivity index (χ0n) is 10.6. The van der Waals surface area contributed by atoms with Crippen LogP contribution in [0.2, 0.25) is 0 Å². The highest BCUT2D eigenvalue weighted by atomic mass is 79.9. The summed E-state index contributed by atoms with van der Waals surface area (Å²) in [6.07, 6.45) is 0.145. The fourth-order valence-corrected chi connectivity index (χ4v) is 3.35. The van der Waals surface area contributed by atoms with Crippen LogP contribution in [0.15, 0.2) is 49.8 Å². The number of hydrogen-bond acceptors (Lipinski definition) is 1. The second-order valence-corrected chi connectivity index (χ2v) is 7.07. The van der Waals surface area contributed by atoms with E-state index in [9.17, 15) is 0 Å². The Balaban J connectivity index is 2.42. The van der Waals surface area contributed by atoms with Gasteiger partial charge in [0.05, 0.1) is 15.0 Å². The van der Waals surface area contributed by atoms with E-state index in [2.05, 4.69) is 72.1 Å². The van der Waals surface area contributed by atoms with Gasteiger partial charge in [-0.15, -0.1) is 0 Å². The molecule has 0 saturated heterocycles.